The lowest BCUT2D eigenvalue weighted by molar-refractivity contribution is -0.133. The number of nitrogens with zero attached hydrogens (tertiary/aromatic N) is 3. The van der Waals surface area contributed by atoms with Gasteiger partial charge in [-0.3, -0.25) is 9.69 Å². The predicted octanol–water partition coefficient (Wildman–Crippen LogP) is -0.321. The minimum absolute atomic E-state index is 0.0228. The number of hydrogen-bond acceptors (Lipinski definition) is 3. The van der Waals surface area contributed by atoms with E-state index in [9.17, 15) is 9.59 Å². The van der Waals surface area contributed by atoms with E-state index in [4.69, 9.17) is 5.11 Å². The maximum absolute atomic E-state index is 11.3. The molecule has 0 bridgehead atoms. The fourth-order valence-corrected chi connectivity index (χ4v) is 2.27. The number of hydrogen-bond donors (Lipinski definition) is 1. The topological polar surface area (TPSA) is 64.1 Å². The summed E-state index contributed by atoms with van der Waals surface area (Å²) >= 11 is 0. The molecule has 0 aliphatic carbocycles. The van der Waals surface area contributed by atoms with Crippen LogP contribution in [0, 0.1) is 0 Å². The van der Waals surface area contributed by atoms with Gasteiger partial charge >= 0.3 is 6.09 Å². The van der Waals surface area contributed by atoms with Crippen molar-refractivity contribution in [2.45, 2.75) is 6.04 Å². The number of carbonyl (C=O) groups is 2. The second-order valence-electron chi connectivity index (χ2n) is 4.41. The van der Waals surface area contributed by atoms with Gasteiger partial charge in [-0.2, -0.15) is 0 Å². The van der Waals surface area contributed by atoms with Crippen molar-refractivity contribution in [1.29, 1.82) is 0 Å². The minimum Gasteiger partial charge on any atom is -0.465 e. The van der Waals surface area contributed by atoms with Gasteiger partial charge in [-0.1, -0.05) is 6.58 Å². The highest BCUT2D eigenvalue weighted by atomic mass is 16.4. The van der Waals surface area contributed by atoms with Crippen LogP contribution in [0.1, 0.15) is 0 Å². The molecule has 2 aliphatic rings. The first kappa shape index (κ1) is 11.9. The number of likely N-dealkylation sites (tertiary alicyclic amines) is 1. The molecule has 6 heteroatoms. The molecular formula is C11H17N3O3. The predicted molar refractivity (Wildman–Crippen MR) is 61.7 cm³/mol. The molecule has 94 valence electrons. The van der Waals surface area contributed by atoms with E-state index >= 15 is 0 Å². The number of carboxylic acid groups (broad SMARTS) is 1. The smallest absolute Gasteiger partial charge is 0.407 e. The fourth-order valence-electron chi connectivity index (χ4n) is 2.27. The van der Waals surface area contributed by atoms with Crippen LogP contribution in [0.25, 0.3) is 0 Å². The van der Waals surface area contributed by atoms with Gasteiger partial charge < -0.3 is 14.9 Å². The van der Waals surface area contributed by atoms with Gasteiger partial charge in [-0.25, -0.2) is 4.79 Å². The minimum atomic E-state index is -0.846. The van der Waals surface area contributed by atoms with Crippen molar-refractivity contribution in [2.24, 2.45) is 0 Å². The van der Waals surface area contributed by atoms with Crippen LogP contribution in [0.4, 0.5) is 4.79 Å². The number of amides is 2. The summed E-state index contributed by atoms with van der Waals surface area (Å²) in [6, 6.07) is 0.384. The first-order valence-electron chi connectivity index (χ1n) is 5.75. The van der Waals surface area contributed by atoms with Gasteiger partial charge in [0.15, 0.2) is 0 Å². The Balaban J connectivity index is 1.75. The van der Waals surface area contributed by atoms with E-state index in [1.54, 1.807) is 4.90 Å². The van der Waals surface area contributed by atoms with E-state index in [0.717, 1.165) is 26.2 Å². The van der Waals surface area contributed by atoms with E-state index in [-0.39, 0.29) is 5.91 Å². The number of piperazine rings is 1. The van der Waals surface area contributed by atoms with Gasteiger partial charge in [0.25, 0.3) is 0 Å². The zero-order valence-corrected chi connectivity index (χ0v) is 9.71. The van der Waals surface area contributed by atoms with E-state index in [0.29, 0.717) is 19.1 Å². The lowest BCUT2D eigenvalue weighted by Crippen LogP contribution is -2.64. The van der Waals surface area contributed by atoms with Gasteiger partial charge in [0.1, 0.15) is 0 Å². The van der Waals surface area contributed by atoms with Gasteiger partial charge in [-0.05, 0) is 6.08 Å². The summed E-state index contributed by atoms with van der Waals surface area (Å²) in [5.74, 6) is -0.0228. The van der Waals surface area contributed by atoms with Crippen molar-refractivity contribution in [3.8, 4) is 0 Å². The molecule has 0 aromatic carbocycles. The molecule has 2 fully saturated rings. The van der Waals surface area contributed by atoms with Crippen LogP contribution in [0.5, 0.6) is 0 Å². The zero-order chi connectivity index (χ0) is 12.4. The molecule has 0 unspecified atom stereocenters. The molecule has 2 amide bonds. The highest BCUT2D eigenvalue weighted by Crippen LogP contribution is 2.17. The Morgan fingerprint density at radius 2 is 1.71 bits per heavy atom. The highest BCUT2D eigenvalue weighted by Gasteiger charge is 2.35. The lowest BCUT2D eigenvalue weighted by Gasteiger charge is -2.47. The van der Waals surface area contributed by atoms with E-state index in [2.05, 4.69) is 11.5 Å². The molecule has 0 aromatic heterocycles. The van der Waals surface area contributed by atoms with Gasteiger partial charge in [0, 0.05) is 45.3 Å². The van der Waals surface area contributed by atoms with Crippen molar-refractivity contribution >= 4 is 12.0 Å². The Kier molecular flexibility index (Phi) is 3.33. The van der Waals surface area contributed by atoms with Crippen molar-refractivity contribution < 1.29 is 14.7 Å². The van der Waals surface area contributed by atoms with Crippen LogP contribution in [-0.2, 0) is 4.79 Å². The average Bonchev–Trinajstić information content (AvgIpc) is 2.27. The SMILES string of the molecule is C=CC(=O)N1CC(N2CCN(C(=O)O)CC2)C1. The largest absolute Gasteiger partial charge is 0.465 e. The van der Waals surface area contributed by atoms with E-state index in [1.807, 2.05) is 0 Å². The lowest BCUT2D eigenvalue weighted by atomic mass is 10.1. The Hall–Kier alpha value is -1.56. The standard InChI is InChI=1S/C11H17N3O3/c1-2-10(15)14-7-9(8-14)12-3-5-13(6-4-12)11(16)17/h2,9H,1,3-8H2,(H,16,17). The molecule has 0 aromatic rings. The Morgan fingerprint density at radius 1 is 1.12 bits per heavy atom. The van der Waals surface area contributed by atoms with Gasteiger partial charge in [0.05, 0.1) is 0 Å². The summed E-state index contributed by atoms with van der Waals surface area (Å²) in [6.07, 6.45) is 0.486. The molecule has 6 nitrogen and oxygen atoms in total. The van der Waals surface area contributed by atoms with Gasteiger partial charge in [0.2, 0.25) is 5.91 Å². The third-order valence-corrected chi connectivity index (χ3v) is 3.45. The number of rotatable bonds is 2. The highest BCUT2D eigenvalue weighted by molar-refractivity contribution is 5.87. The summed E-state index contributed by atoms with van der Waals surface area (Å²) in [6.45, 7) is 7.55. The molecule has 0 spiro atoms. The van der Waals surface area contributed by atoms with Crippen LogP contribution in [0.2, 0.25) is 0 Å². The molecular weight excluding hydrogens is 222 g/mol. The molecule has 2 heterocycles. The average molecular weight is 239 g/mol. The normalized spacial score (nSPS) is 22.1. The summed E-state index contributed by atoms with van der Waals surface area (Å²) < 4.78 is 0. The summed E-state index contributed by atoms with van der Waals surface area (Å²) in [5.41, 5.74) is 0. The first-order valence-corrected chi connectivity index (χ1v) is 5.75. The Labute approximate surface area is 100 Å². The summed E-state index contributed by atoms with van der Waals surface area (Å²) in [4.78, 5) is 27.4. The molecule has 2 aliphatic heterocycles. The maximum atomic E-state index is 11.3. The van der Waals surface area contributed by atoms with Crippen molar-refractivity contribution in [2.75, 3.05) is 39.3 Å². The third kappa shape index (κ3) is 2.41. The van der Waals surface area contributed by atoms with Crippen LogP contribution in [0.15, 0.2) is 12.7 Å². The van der Waals surface area contributed by atoms with E-state index in [1.165, 1.54) is 11.0 Å². The fraction of sp³-hybridized carbons (Fsp3) is 0.636. The second kappa shape index (κ2) is 4.75. The molecule has 2 saturated heterocycles. The zero-order valence-electron chi connectivity index (χ0n) is 9.71. The molecule has 2 rings (SSSR count). The Morgan fingerprint density at radius 3 is 2.18 bits per heavy atom. The molecule has 17 heavy (non-hydrogen) atoms. The molecule has 1 N–H and O–H groups in total. The Bertz CT molecular complexity index is 331. The maximum Gasteiger partial charge on any atom is 0.407 e. The second-order valence-corrected chi connectivity index (χ2v) is 4.41. The molecule has 0 saturated carbocycles. The third-order valence-electron chi connectivity index (χ3n) is 3.45. The van der Waals surface area contributed by atoms with Crippen molar-refractivity contribution in [1.82, 2.24) is 14.7 Å². The van der Waals surface area contributed by atoms with Crippen LogP contribution >= 0.6 is 0 Å². The van der Waals surface area contributed by atoms with E-state index < -0.39 is 6.09 Å². The molecule has 0 radical (unpaired) electrons. The monoisotopic (exact) mass is 239 g/mol. The van der Waals surface area contributed by atoms with Gasteiger partial charge in [-0.15, -0.1) is 0 Å². The molecule has 0 atom stereocenters. The van der Waals surface area contributed by atoms with Crippen LogP contribution in [-0.4, -0.2) is 77.1 Å². The quantitative estimate of drug-likeness (QED) is 0.671. The summed E-state index contributed by atoms with van der Waals surface area (Å²) in [7, 11) is 0. The number of carbonyl (C=O) groups excluding carboxylic acids is 1. The van der Waals surface area contributed by atoms with Crippen molar-refractivity contribution in [3.63, 3.8) is 0 Å². The van der Waals surface area contributed by atoms with Crippen LogP contribution < -0.4 is 0 Å². The summed E-state index contributed by atoms with van der Waals surface area (Å²) in [5, 5.41) is 8.82. The van der Waals surface area contributed by atoms with Crippen LogP contribution in [0.3, 0.4) is 0 Å². The van der Waals surface area contributed by atoms with Crippen molar-refractivity contribution in [3.05, 3.63) is 12.7 Å². The first-order chi connectivity index (χ1) is 8.11.